The minimum Gasteiger partial charge on any atom is -0.377 e. The minimum atomic E-state index is -0.314. The van der Waals surface area contributed by atoms with E-state index in [2.05, 4.69) is 68.4 Å². The first-order chi connectivity index (χ1) is 34.1. The Hall–Kier alpha value is -5.12. The molecule has 0 aliphatic carbocycles. The average Bonchev–Trinajstić information content (AvgIpc) is 4.10. The molecule has 6 heterocycles. The molecule has 3 radical (unpaired) electrons. The Morgan fingerprint density at radius 2 is 0.919 bits per heavy atom. The number of aldehydes is 1. The predicted octanol–water partition coefficient (Wildman–Crippen LogP) is 11.1. The summed E-state index contributed by atoms with van der Waals surface area (Å²) in [4.78, 5) is 66.1. The molecule has 9 aromatic rings. The van der Waals surface area contributed by atoms with Gasteiger partial charge in [-0.15, -0.1) is 34.9 Å². The number of hydrogen-bond acceptors (Lipinski definition) is 11. The monoisotopic (exact) mass is 1220 g/mol. The van der Waals surface area contributed by atoms with E-state index in [9.17, 15) is 19.2 Å². The van der Waals surface area contributed by atoms with E-state index < -0.39 is 0 Å². The van der Waals surface area contributed by atoms with Crippen molar-refractivity contribution >= 4 is 74.8 Å². The maximum atomic E-state index is 12.5. The number of nitrogens with one attached hydrogen (secondary N) is 4. The number of nitrogens with zero attached hydrogens (tertiary/aromatic N) is 6. The predicted molar refractivity (Wildman–Crippen MR) is 278 cm³/mol. The van der Waals surface area contributed by atoms with Crippen molar-refractivity contribution in [2.24, 2.45) is 0 Å². The maximum Gasteiger partial charge on any atom is 0.278 e. The van der Waals surface area contributed by atoms with Gasteiger partial charge in [0.25, 0.3) is 5.91 Å². The molecule has 3 aromatic carbocycles. The molecule has 9 rings (SSSR count). The van der Waals surface area contributed by atoms with Crippen molar-refractivity contribution in [1.29, 1.82) is 0 Å². The van der Waals surface area contributed by atoms with Gasteiger partial charge in [0.05, 0.1) is 47.1 Å². The van der Waals surface area contributed by atoms with Gasteiger partial charge >= 0.3 is 0 Å². The summed E-state index contributed by atoms with van der Waals surface area (Å²) in [7, 11) is 1.42. The molecular formula is C56H57N10O5Y3-3. The van der Waals surface area contributed by atoms with Crippen molar-refractivity contribution in [3.05, 3.63) is 177 Å². The van der Waals surface area contributed by atoms with Crippen LogP contribution in [0.5, 0.6) is 0 Å². The average molecular weight is 1220 g/mol. The Balaban J connectivity index is 0.000000236. The van der Waals surface area contributed by atoms with Crippen LogP contribution in [-0.2, 0) is 116 Å². The molecule has 74 heavy (non-hydrogen) atoms. The molecule has 0 aliphatic rings. The number of rotatable bonds is 13. The summed E-state index contributed by atoms with van der Waals surface area (Å²) in [5.74, 6) is -0.359. The van der Waals surface area contributed by atoms with E-state index in [1.165, 1.54) is 20.2 Å². The van der Waals surface area contributed by atoms with Crippen LogP contribution < -0.4 is 21.4 Å². The normalized spacial score (nSPS) is 10.4. The van der Waals surface area contributed by atoms with Crippen LogP contribution in [0.1, 0.15) is 114 Å². The molecule has 6 aromatic heterocycles. The van der Waals surface area contributed by atoms with Crippen molar-refractivity contribution < 1.29 is 122 Å². The van der Waals surface area contributed by atoms with Crippen LogP contribution in [0, 0.1) is 59.7 Å². The van der Waals surface area contributed by atoms with Crippen molar-refractivity contribution in [2.75, 3.05) is 23.1 Å². The maximum absolute atomic E-state index is 12.5. The summed E-state index contributed by atoms with van der Waals surface area (Å²) in [5, 5.41) is 10.1. The van der Waals surface area contributed by atoms with Crippen LogP contribution in [0.3, 0.4) is 0 Å². The number of pyridine rings is 3. The Bertz CT molecular complexity index is 3490. The molecule has 373 valence electrons. The van der Waals surface area contributed by atoms with Gasteiger partial charge in [-0.1, -0.05) is 51.7 Å². The van der Waals surface area contributed by atoms with Crippen molar-refractivity contribution in [3.63, 3.8) is 0 Å². The van der Waals surface area contributed by atoms with Gasteiger partial charge in [-0.25, -0.2) is 20.4 Å². The largest absolute Gasteiger partial charge is 0.377 e. The number of anilines is 6. The SMILES string of the molecule is CC(=O)c1cn2c(C=O)cnc2c(C)c1Nc1cc[c-]cc1C.CCc1cnc2c(C)c(Nc3cc[c-]cc3C)c(C(=O)NOC)cn12.CCc1cnc2c(C)c(Nc3cc[c-]cc3C)c(C(C)=O)cn12.[Y].[Y].[Y]. The van der Waals surface area contributed by atoms with E-state index in [1.807, 2.05) is 124 Å². The number of ketones is 2. The van der Waals surface area contributed by atoms with Crippen molar-refractivity contribution in [1.82, 2.24) is 33.6 Å². The summed E-state index contributed by atoms with van der Waals surface area (Å²) in [6, 6.07) is 26.1. The zero-order chi connectivity index (χ0) is 51.1. The van der Waals surface area contributed by atoms with E-state index in [1.54, 1.807) is 23.7 Å². The summed E-state index contributed by atoms with van der Waals surface area (Å²) in [6.07, 6.45) is 13.0. The van der Waals surface area contributed by atoms with Gasteiger partial charge in [-0.05, 0) is 47.5 Å². The van der Waals surface area contributed by atoms with Crippen LogP contribution in [0.4, 0.5) is 34.1 Å². The quantitative estimate of drug-likeness (QED) is 0.0374. The first-order valence-corrected chi connectivity index (χ1v) is 23.1. The minimum absolute atomic E-state index is 0. The Kier molecular flexibility index (Phi) is 22.9. The fourth-order valence-corrected chi connectivity index (χ4v) is 8.26. The number of Topliss-reactive ketones (excluding diaryl/α,β-unsaturated/α-hetero) is 2. The second-order valence-corrected chi connectivity index (χ2v) is 17.1. The third kappa shape index (κ3) is 13.3. The molecule has 0 saturated heterocycles. The molecule has 0 fully saturated rings. The fraction of sp³-hybridized carbons (Fsp3) is 0.232. The number of hydrogen-bond donors (Lipinski definition) is 4. The third-order valence-electron chi connectivity index (χ3n) is 12.3. The van der Waals surface area contributed by atoms with Crippen LogP contribution >= 0.6 is 0 Å². The van der Waals surface area contributed by atoms with Crippen molar-refractivity contribution in [2.45, 2.75) is 82.1 Å². The van der Waals surface area contributed by atoms with Gasteiger partial charge in [-0.3, -0.25) is 28.4 Å². The van der Waals surface area contributed by atoms with Gasteiger partial charge in [0, 0.05) is 157 Å². The fourth-order valence-electron chi connectivity index (χ4n) is 8.26. The zero-order valence-electron chi connectivity index (χ0n) is 43.6. The molecule has 0 saturated carbocycles. The zero-order valence-corrected chi connectivity index (χ0v) is 52.1. The van der Waals surface area contributed by atoms with Crippen molar-refractivity contribution in [3.8, 4) is 0 Å². The number of fused-ring (bicyclic) bond motifs is 3. The number of aromatic nitrogens is 6. The molecule has 0 bridgehead atoms. The molecule has 1 amide bonds. The van der Waals surface area contributed by atoms with E-state index in [0.717, 1.165) is 97.9 Å². The number of imidazole rings is 3. The number of hydroxylamine groups is 1. The van der Waals surface area contributed by atoms with E-state index in [4.69, 9.17) is 4.84 Å². The number of benzene rings is 3. The Morgan fingerprint density at radius 1 is 0.568 bits per heavy atom. The summed E-state index contributed by atoms with van der Waals surface area (Å²) in [6.45, 7) is 19.1. The number of carbonyl (C=O) groups is 4. The number of aryl methyl sites for hydroxylation is 8. The molecule has 15 nitrogen and oxygen atoms in total. The molecule has 0 atom stereocenters. The van der Waals surface area contributed by atoms with Gasteiger partial charge in [0.2, 0.25) is 0 Å². The van der Waals surface area contributed by atoms with Crippen LogP contribution in [0.2, 0.25) is 0 Å². The van der Waals surface area contributed by atoms with E-state index in [-0.39, 0.29) is 116 Å². The van der Waals surface area contributed by atoms with Gasteiger partial charge in [0.15, 0.2) is 17.9 Å². The second kappa shape index (κ2) is 27.6. The standard InChI is InChI=1S/C19H21N4O2.C19H20N3O.C18H16N3O2.3Y/c1-5-14-10-20-18-13(3)17(21-16-9-7-6-8-12(16)2)15(11-23(14)18)19(24)22-25-4;1-5-15-10-20-19-13(3)18(16(14(4)23)11-22(15)19)21-17-9-7-6-8-12(17)2;1-11-6-4-5-7-16(11)20-17-12(2)18-19-8-14(10-22)21(18)9-15(17)13(3)23;;;/h7-11,21H,5H2,1-4H3,(H,22,24);7-11,21H,5H2,1-4H3;5-10,20H,1-3H3;;;/q3*-1;;;. The molecular weight excluding hydrogens is 1160 g/mol. The Morgan fingerprint density at radius 3 is 1.27 bits per heavy atom. The van der Waals surface area contributed by atoms with E-state index in [0.29, 0.717) is 39.4 Å². The number of amides is 1. The summed E-state index contributed by atoms with van der Waals surface area (Å²) in [5.41, 5.74) is 19.9. The van der Waals surface area contributed by atoms with Gasteiger partial charge in [0.1, 0.15) is 22.6 Å². The topological polar surface area (TPSA) is 178 Å². The summed E-state index contributed by atoms with van der Waals surface area (Å²) >= 11 is 0. The van der Waals surface area contributed by atoms with Crippen LogP contribution in [-0.4, -0.2) is 59.0 Å². The van der Waals surface area contributed by atoms with Crippen LogP contribution in [0.15, 0.2) is 91.8 Å². The van der Waals surface area contributed by atoms with E-state index >= 15 is 0 Å². The molecule has 0 aliphatic heterocycles. The van der Waals surface area contributed by atoms with Gasteiger partial charge in [-0.2, -0.15) is 54.6 Å². The molecule has 4 N–H and O–H groups in total. The Labute approximate surface area is 507 Å². The number of carbonyl (C=O) groups excluding carboxylic acids is 4. The smallest absolute Gasteiger partial charge is 0.278 e. The molecule has 18 heteroatoms. The molecule has 0 unspecified atom stereocenters. The first kappa shape index (κ1) is 61.4. The first-order valence-electron chi connectivity index (χ1n) is 23.1. The van der Waals surface area contributed by atoms with Gasteiger partial charge < -0.3 is 24.8 Å². The third-order valence-corrected chi connectivity index (χ3v) is 12.3. The molecule has 0 spiro atoms. The second-order valence-electron chi connectivity index (χ2n) is 17.1. The van der Waals surface area contributed by atoms with Crippen LogP contribution in [0.25, 0.3) is 16.9 Å². The summed E-state index contributed by atoms with van der Waals surface area (Å²) < 4.78 is 5.62.